The number of nitrogens with zero attached hydrogens (tertiary/aromatic N) is 4. The number of fused-ring (bicyclic) bond motifs is 1. The van der Waals surface area contributed by atoms with Crippen LogP contribution in [-0.2, 0) is 12.8 Å². The first kappa shape index (κ1) is 30.4. The topological polar surface area (TPSA) is 126 Å². The van der Waals surface area contributed by atoms with E-state index in [0.29, 0.717) is 43.6 Å². The minimum Gasteiger partial charge on any atom is -0.322 e. The molecule has 0 fully saturated rings. The molecular weight excluding hydrogens is 605 g/mol. The van der Waals surface area contributed by atoms with Crippen molar-refractivity contribution in [3.8, 4) is 11.4 Å². The van der Waals surface area contributed by atoms with E-state index >= 15 is 0 Å². The molecule has 0 radical (unpaired) electrons. The third-order valence-electron chi connectivity index (χ3n) is 7.95. The second kappa shape index (κ2) is 12.8. The lowest BCUT2D eigenvalue weighted by Crippen LogP contribution is -2.27. The van der Waals surface area contributed by atoms with Gasteiger partial charge in [0.05, 0.1) is 15.4 Å². The number of hydrogen-bond donors (Lipinski definition) is 2. The number of rotatable bonds is 8. The molecule has 2 aromatic heterocycles. The molecule has 9 nitrogen and oxygen atoms in total. The number of carbonyl (C=O) groups is 1. The number of anilines is 1. The molecule has 6 rings (SSSR count). The van der Waals surface area contributed by atoms with E-state index in [-0.39, 0.29) is 17.0 Å². The average Bonchev–Trinajstić information content (AvgIpc) is 3.65. The second-order valence-corrected chi connectivity index (χ2v) is 14.1. The molecule has 1 amide bonds. The van der Waals surface area contributed by atoms with E-state index in [1.54, 1.807) is 18.3 Å². The van der Waals surface area contributed by atoms with Crippen molar-refractivity contribution in [2.45, 2.75) is 50.1 Å². The fourth-order valence-corrected chi connectivity index (χ4v) is 7.51. The van der Waals surface area contributed by atoms with Crippen LogP contribution in [0.2, 0.25) is 0 Å². The van der Waals surface area contributed by atoms with Gasteiger partial charge in [0.25, 0.3) is 11.6 Å². The van der Waals surface area contributed by atoms with Gasteiger partial charge >= 0.3 is 0 Å². The van der Waals surface area contributed by atoms with Crippen molar-refractivity contribution in [2.75, 3.05) is 5.32 Å². The van der Waals surface area contributed by atoms with E-state index < -0.39 is 4.92 Å². The highest BCUT2D eigenvalue weighted by Crippen LogP contribution is 2.45. The lowest BCUT2D eigenvalue weighted by molar-refractivity contribution is -0.387. The molecule has 2 N–H and O–H groups in total. The van der Waals surface area contributed by atoms with Crippen LogP contribution in [0.4, 0.5) is 16.4 Å². The number of carbonyl (C=O) groups excluding carboxylic acids is 1. The molecule has 11 heteroatoms. The highest BCUT2D eigenvalue weighted by atomic mass is 32.2. The van der Waals surface area contributed by atoms with E-state index in [9.17, 15) is 14.9 Å². The lowest BCUT2D eigenvalue weighted by Gasteiger charge is -2.33. The van der Waals surface area contributed by atoms with Crippen molar-refractivity contribution in [3.63, 3.8) is 0 Å². The van der Waals surface area contributed by atoms with Crippen LogP contribution in [0, 0.1) is 21.4 Å². The number of H-pyrrole nitrogens is 1. The van der Waals surface area contributed by atoms with Gasteiger partial charge in [-0.15, -0.1) is 16.4 Å². The van der Waals surface area contributed by atoms with E-state index in [4.69, 9.17) is 4.99 Å². The van der Waals surface area contributed by atoms with Gasteiger partial charge in [-0.05, 0) is 71.7 Å². The van der Waals surface area contributed by atoms with Gasteiger partial charge in [0, 0.05) is 28.4 Å². The van der Waals surface area contributed by atoms with Gasteiger partial charge in [-0.3, -0.25) is 20.0 Å². The zero-order valence-corrected chi connectivity index (χ0v) is 26.7. The Balaban J connectivity index is 1.28. The third-order valence-corrected chi connectivity index (χ3v) is 10.0. The Kier molecular flexibility index (Phi) is 8.64. The zero-order valence-electron chi connectivity index (χ0n) is 25.1. The van der Waals surface area contributed by atoms with Crippen molar-refractivity contribution in [1.82, 2.24) is 15.2 Å². The Morgan fingerprint density at radius 3 is 2.56 bits per heavy atom. The molecule has 1 atom stereocenters. The Bertz CT molecular complexity index is 1880. The smallest absolute Gasteiger partial charge is 0.283 e. The van der Waals surface area contributed by atoms with Gasteiger partial charge in [0.2, 0.25) is 5.16 Å². The van der Waals surface area contributed by atoms with Crippen LogP contribution in [0.25, 0.3) is 11.4 Å². The number of aromatic amines is 1. The fraction of sp³-hybridized carbons (Fsp3) is 0.235. The molecular formula is C34H32N6O3S2. The molecule has 1 aliphatic carbocycles. The van der Waals surface area contributed by atoms with Gasteiger partial charge in [0.1, 0.15) is 5.00 Å². The molecule has 0 saturated carbocycles. The molecule has 0 aliphatic heterocycles. The zero-order chi connectivity index (χ0) is 31.6. The molecule has 0 unspecified atom stereocenters. The maximum absolute atomic E-state index is 13.6. The van der Waals surface area contributed by atoms with Crippen LogP contribution in [0.5, 0.6) is 0 Å². The minimum absolute atomic E-state index is 0.0736. The lowest BCUT2D eigenvalue weighted by atomic mass is 9.72. The first-order valence-electron chi connectivity index (χ1n) is 14.6. The predicted molar refractivity (Wildman–Crippen MR) is 180 cm³/mol. The summed E-state index contributed by atoms with van der Waals surface area (Å²) in [4.78, 5) is 36.1. The fourth-order valence-electron chi connectivity index (χ4n) is 5.44. The Morgan fingerprint density at radius 1 is 1.11 bits per heavy atom. The number of benzene rings is 3. The van der Waals surface area contributed by atoms with Crippen molar-refractivity contribution in [2.24, 2.45) is 16.3 Å². The highest BCUT2D eigenvalue weighted by molar-refractivity contribution is 7.99. The van der Waals surface area contributed by atoms with Gasteiger partial charge in [-0.1, -0.05) is 75.4 Å². The first-order chi connectivity index (χ1) is 21.7. The van der Waals surface area contributed by atoms with Gasteiger partial charge < -0.3 is 5.32 Å². The molecule has 228 valence electrons. The van der Waals surface area contributed by atoms with E-state index in [1.165, 1.54) is 22.3 Å². The standard InChI is InChI=1S/C34H32N6O3S2/c1-34(2,3)23-15-16-25-28(19-23)44-32(29(25)31(41)36-24-12-8-5-9-13-24)35-20-21-14-17-27(26(18-21)40(42)43)45-33-37-30(38-39-33)22-10-6-4-7-11-22/h4-14,17-18,20,23H,15-16,19H2,1-3H3,(H,36,41)(H,37,38,39)/t23-/m0/s1. The average molecular weight is 637 g/mol. The molecule has 2 heterocycles. The van der Waals surface area contributed by atoms with Crippen molar-refractivity contribution in [3.05, 3.63) is 111 Å². The maximum Gasteiger partial charge on any atom is 0.283 e. The number of para-hydroxylation sites is 1. The summed E-state index contributed by atoms with van der Waals surface area (Å²) in [6, 6.07) is 23.9. The summed E-state index contributed by atoms with van der Waals surface area (Å²) in [7, 11) is 0. The number of nitro groups is 1. The molecule has 45 heavy (non-hydrogen) atoms. The Morgan fingerprint density at radius 2 is 1.84 bits per heavy atom. The number of thiophene rings is 1. The van der Waals surface area contributed by atoms with Crippen molar-refractivity contribution < 1.29 is 9.72 Å². The van der Waals surface area contributed by atoms with Crippen molar-refractivity contribution in [1.29, 1.82) is 0 Å². The van der Waals surface area contributed by atoms with Gasteiger partial charge in [-0.2, -0.15) is 0 Å². The number of nitro benzene ring substituents is 1. The summed E-state index contributed by atoms with van der Waals surface area (Å²) in [5, 5.41) is 23.2. The Hall–Kier alpha value is -4.61. The molecule has 0 bridgehead atoms. The normalized spacial score (nSPS) is 14.8. The van der Waals surface area contributed by atoms with E-state index in [1.807, 2.05) is 60.7 Å². The monoisotopic (exact) mass is 636 g/mol. The molecule has 3 aromatic carbocycles. The molecule has 0 saturated heterocycles. The number of amides is 1. The number of hydrogen-bond acceptors (Lipinski definition) is 8. The summed E-state index contributed by atoms with van der Waals surface area (Å²) in [6.07, 6.45) is 4.31. The van der Waals surface area contributed by atoms with Crippen LogP contribution in [0.15, 0.2) is 93.9 Å². The van der Waals surface area contributed by atoms with Crippen LogP contribution < -0.4 is 5.32 Å². The number of aromatic nitrogens is 3. The van der Waals surface area contributed by atoms with Crippen LogP contribution in [-0.4, -0.2) is 32.2 Å². The van der Waals surface area contributed by atoms with E-state index in [0.717, 1.165) is 42.2 Å². The molecule has 1 aliphatic rings. The van der Waals surface area contributed by atoms with Gasteiger partial charge in [0.15, 0.2) is 5.82 Å². The maximum atomic E-state index is 13.6. The van der Waals surface area contributed by atoms with E-state index in [2.05, 4.69) is 41.3 Å². The largest absolute Gasteiger partial charge is 0.322 e. The summed E-state index contributed by atoms with van der Waals surface area (Å²) >= 11 is 2.66. The first-order valence-corrected chi connectivity index (χ1v) is 16.3. The third kappa shape index (κ3) is 6.89. The summed E-state index contributed by atoms with van der Waals surface area (Å²) in [5.74, 6) is 0.897. The summed E-state index contributed by atoms with van der Waals surface area (Å²) in [5.41, 5.74) is 3.87. The second-order valence-electron chi connectivity index (χ2n) is 12.0. The SMILES string of the molecule is CC(C)(C)[C@H]1CCc2c(sc(N=Cc3ccc(Sc4n[nH]c(-c5ccccc5)n4)c([N+](=O)[O-])c3)c2C(=O)Nc2ccccc2)C1. The summed E-state index contributed by atoms with van der Waals surface area (Å²) < 4.78 is 0. The Labute approximate surface area is 269 Å². The quantitative estimate of drug-likeness (QED) is 0.0996. The van der Waals surface area contributed by atoms with Crippen LogP contribution in [0.1, 0.15) is 53.6 Å². The predicted octanol–water partition coefficient (Wildman–Crippen LogP) is 8.75. The number of aliphatic imine (C=N–C) groups is 1. The van der Waals surface area contributed by atoms with Gasteiger partial charge in [-0.25, -0.2) is 9.98 Å². The highest BCUT2D eigenvalue weighted by Gasteiger charge is 2.33. The summed E-state index contributed by atoms with van der Waals surface area (Å²) in [6.45, 7) is 6.78. The van der Waals surface area contributed by atoms with Crippen LogP contribution in [0.3, 0.4) is 0 Å². The minimum atomic E-state index is -0.417. The molecule has 0 spiro atoms. The number of nitrogens with one attached hydrogen (secondary N) is 2. The van der Waals surface area contributed by atoms with Crippen LogP contribution >= 0.6 is 23.1 Å². The molecule has 5 aromatic rings. The van der Waals surface area contributed by atoms with Crippen molar-refractivity contribution >= 4 is 51.6 Å².